The molecule has 0 bridgehead atoms. The maximum atomic E-state index is 12.0. The van der Waals surface area contributed by atoms with Crippen molar-refractivity contribution in [3.8, 4) is 23.0 Å². The molecule has 0 aliphatic rings. The van der Waals surface area contributed by atoms with Crippen LogP contribution in [0.1, 0.15) is 0 Å². The highest BCUT2D eigenvalue weighted by atomic mass is 31.2. The number of ether oxygens (including phenoxy) is 2. The molecule has 0 fully saturated rings. The number of benzene rings is 2. The maximum Gasteiger partial charge on any atom is 0.372 e. The van der Waals surface area contributed by atoms with E-state index in [4.69, 9.17) is 18.5 Å². The molecule has 0 spiro atoms. The molecule has 112 valence electrons. The van der Waals surface area contributed by atoms with E-state index >= 15 is 0 Å². The Morgan fingerprint density at radius 3 is 1.43 bits per heavy atom. The number of para-hydroxylation sites is 4. The van der Waals surface area contributed by atoms with E-state index in [2.05, 4.69) is 0 Å². The molecule has 21 heavy (non-hydrogen) atoms. The summed E-state index contributed by atoms with van der Waals surface area (Å²) in [5.74, 6) is 0.677. The first-order valence-electron chi connectivity index (χ1n) is 6.02. The van der Waals surface area contributed by atoms with Crippen LogP contribution >= 0.6 is 7.82 Å². The Balaban J connectivity index is 2.20. The molecule has 2 aromatic rings. The molecule has 7 heteroatoms. The van der Waals surface area contributed by atoms with E-state index in [1.54, 1.807) is 36.4 Å². The number of methoxy groups -OCH3 is 2. The summed E-state index contributed by atoms with van der Waals surface area (Å²) in [5, 5.41) is 0. The van der Waals surface area contributed by atoms with Crippen molar-refractivity contribution in [3.63, 3.8) is 0 Å². The van der Waals surface area contributed by atoms with Gasteiger partial charge in [-0.15, -0.1) is 0 Å². The van der Waals surface area contributed by atoms with Crippen molar-refractivity contribution in [1.82, 2.24) is 0 Å². The van der Waals surface area contributed by atoms with Crippen molar-refractivity contribution in [2.24, 2.45) is 0 Å². The van der Waals surface area contributed by atoms with Crippen LogP contribution < -0.4 is 23.4 Å². The Labute approximate surface area is 122 Å². The Bertz CT molecular complexity index is 604. The first kappa shape index (κ1) is 15.2. The highest BCUT2D eigenvalue weighted by molar-refractivity contribution is 7.46. The third kappa shape index (κ3) is 3.90. The molecule has 0 saturated carbocycles. The highest BCUT2D eigenvalue weighted by Crippen LogP contribution is 2.45. The summed E-state index contributed by atoms with van der Waals surface area (Å²) in [4.78, 5) is 12.0. The Kier molecular flexibility index (Phi) is 4.73. The van der Waals surface area contributed by atoms with E-state index < -0.39 is 7.82 Å². The average Bonchev–Trinajstić information content (AvgIpc) is 2.47. The summed E-state index contributed by atoms with van der Waals surface area (Å²) in [6.45, 7) is 0. The van der Waals surface area contributed by atoms with Crippen LogP contribution in [-0.2, 0) is 4.57 Å². The third-order valence-electron chi connectivity index (χ3n) is 2.56. The lowest BCUT2D eigenvalue weighted by Gasteiger charge is -2.25. The van der Waals surface area contributed by atoms with Gasteiger partial charge in [0.1, 0.15) is 0 Å². The molecule has 0 aliphatic heterocycles. The second kappa shape index (κ2) is 6.52. The molecule has 0 heterocycles. The number of phosphoric acid groups is 1. The fourth-order valence-electron chi connectivity index (χ4n) is 1.65. The van der Waals surface area contributed by atoms with Crippen LogP contribution in [0.25, 0.3) is 0 Å². The molecule has 2 aromatic carbocycles. The van der Waals surface area contributed by atoms with Gasteiger partial charge in [-0.05, 0) is 24.3 Å². The van der Waals surface area contributed by atoms with Gasteiger partial charge in [0, 0.05) is 0 Å². The van der Waals surface area contributed by atoms with E-state index in [9.17, 15) is 9.46 Å². The Morgan fingerprint density at radius 1 is 0.762 bits per heavy atom. The van der Waals surface area contributed by atoms with Crippen molar-refractivity contribution >= 4 is 7.82 Å². The SMILES string of the molecule is COc1ccccc1OP(=O)([O-])Oc1ccccc1OC. The van der Waals surface area contributed by atoms with Gasteiger partial charge in [-0.25, -0.2) is 4.57 Å². The summed E-state index contributed by atoms with van der Waals surface area (Å²) >= 11 is 0. The normalized spacial score (nSPS) is 10.8. The van der Waals surface area contributed by atoms with Gasteiger partial charge in [0.2, 0.25) is 0 Å². The molecule has 2 rings (SSSR count). The summed E-state index contributed by atoms with van der Waals surface area (Å²) < 4.78 is 31.9. The zero-order chi connectivity index (χ0) is 15.3. The van der Waals surface area contributed by atoms with Crippen LogP contribution in [0.5, 0.6) is 23.0 Å². The minimum absolute atomic E-state index is 0.0493. The molecule has 0 aliphatic carbocycles. The molecule has 6 nitrogen and oxygen atoms in total. The van der Waals surface area contributed by atoms with Crippen molar-refractivity contribution in [2.45, 2.75) is 0 Å². The molecule has 0 unspecified atom stereocenters. The van der Waals surface area contributed by atoms with Crippen LogP contribution in [-0.4, -0.2) is 14.2 Å². The van der Waals surface area contributed by atoms with Crippen LogP contribution in [0.15, 0.2) is 48.5 Å². The first-order chi connectivity index (χ1) is 10.1. The van der Waals surface area contributed by atoms with E-state index in [1.807, 2.05) is 0 Å². The minimum atomic E-state index is -4.63. The third-order valence-corrected chi connectivity index (χ3v) is 3.40. The summed E-state index contributed by atoms with van der Waals surface area (Å²) in [6, 6.07) is 12.7. The van der Waals surface area contributed by atoms with Crippen LogP contribution in [0.2, 0.25) is 0 Å². The quantitative estimate of drug-likeness (QED) is 0.763. The predicted octanol–water partition coefficient (Wildman–Crippen LogP) is 2.63. The number of hydrogen-bond acceptors (Lipinski definition) is 6. The van der Waals surface area contributed by atoms with Gasteiger partial charge in [0.25, 0.3) is 0 Å². The number of hydrogen-bond donors (Lipinski definition) is 0. The minimum Gasteiger partial charge on any atom is -0.736 e. The lowest BCUT2D eigenvalue weighted by molar-refractivity contribution is -0.208. The van der Waals surface area contributed by atoms with Gasteiger partial charge in [0.15, 0.2) is 23.0 Å². The van der Waals surface area contributed by atoms with E-state index in [0.717, 1.165) is 0 Å². The van der Waals surface area contributed by atoms with Gasteiger partial charge in [0.05, 0.1) is 14.2 Å². The van der Waals surface area contributed by atoms with Crippen molar-refractivity contribution in [1.29, 1.82) is 0 Å². The predicted molar refractivity (Wildman–Crippen MR) is 74.9 cm³/mol. The van der Waals surface area contributed by atoms with Crippen LogP contribution in [0, 0.1) is 0 Å². The van der Waals surface area contributed by atoms with Gasteiger partial charge >= 0.3 is 7.82 Å². The van der Waals surface area contributed by atoms with Gasteiger partial charge in [-0.1, -0.05) is 24.3 Å². The van der Waals surface area contributed by atoms with Crippen molar-refractivity contribution < 1.29 is 28.0 Å². The monoisotopic (exact) mass is 309 g/mol. The first-order valence-corrected chi connectivity index (χ1v) is 7.48. The molecule has 0 radical (unpaired) electrons. The number of rotatable bonds is 6. The summed E-state index contributed by atoms with van der Waals surface area (Å²) in [7, 11) is -1.80. The van der Waals surface area contributed by atoms with E-state index in [1.165, 1.54) is 26.4 Å². The maximum absolute atomic E-state index is 12.0. The average molecular weight is 309 g/mol. The molecule has 0 N–H and O–H groups in total. The van der Waals surface area contributed by atoms with Crippen molar-refractivity contribution in [2.75, 3.05) is 14.2 Å². The standard InChI is InChI=1S/C14H15O6P/c1-17-11-7-3-5-9-13(11)19-21(15,16)20-14-10-6-4-8-12(14)18-2/h3-10H,1-2H3,(H,15,16)/p-1. The zero-order valence-corrected chi connectivity index (χ0v) is 12.4. The molecule has 0 saturated heterocycles. The second-order valence-electron chi connectivity index (χ2n) is 3.93. The van der Waals surface area contributed by atoms with Gasteiger partial charge < -0.3 is 23.4 Å². The van der Waals surface area contributed by atoms with Gasteiger partial charge in [-0.3, -0.25) is 0 Å². The second-order valence-corrected chi connectivity index (χ2v) is 5.19. The molecule has 0 aromatic heterocycles. The molecular formula is C14H14O6P-. The molecular weight excluding hydrogens is 295 g/mol. The van der Waals surface area contributed by atoms with Gasteiger partial charge in [-0.2, -0.15) is 0 Å². The van der Waals surface area contributed by atoms with E-state index in [-0.39, 0.29) is 23.0 Å². The summed E-state index contributed by atoms with van der Waals surface area (Å²) in [6.07, 6.45) is 0. The van der Waals surface area contributed by atoms with E-state index in [0.29, 0.717) is 0 Å². The topological polar surface area (TPSA) is 77.1 Å². The Morgan fingerprint density at radius 2 is 1.10 bits per heavy atom. The Hall–Kier alpha value is -2.17. The lowest BCUT2D eigenvalue weighted by Crippen LogP contribution is -2.13. The molecule has 0 amide bonds. The number of phosphoric ester groups is 1. The van der Waals surface area contributed by atoms with Crippen LogP contribution in [0.4, 0.5) is 0 Å². The smallest absolute Gasteiger partial charge is 0.372 e. The fourth-order valence-corrected chi connectivity index (χ4v) is 2.47. The fraction of sp³-hybridized carbons (Fsp3) is 0.143. The highest BCUT2D eigenvalue weighted by Gasteiger charge is 2.18. The summed E-state index contributed by atoms with van der Waals surface area (Å²) in [5.41, 5.74) is 0. The lowest BCUT2D eigenvalue weighted by atomic mass is 10.3. The zero-order valence-electron chi connectivity index (χ0n) is 11.5. The largest absolute Gasteiger partial charge is 0.736 e. The van der Waals surface area contributed by atoms with Crippen LogP contribution in [0.3, 0.4) is 0 Å². The molecule has 0 atom stereocenters. The van der Waals surface area contributed by atoms with Crippen molar-refractivity contribution in [3.05, 3.63) is 48.5 Å².